The predicted molar refractivity (Wildman–Crippen MR) is 124 cm³/mol. The van der Waals surface area contributed by atoms with Gasteiger partial charge >= 0.3 is 12.1 Å². The molecule has 174 valence electrons. The summed E-state index contributed by atoms with van der Waals surface area (Å²) >= 11 is 0. The molecule has 2 aromatic rings. The molecule has 0 unspecified atom stereocenters. The van der Waals surface area contributed by atoms with Crippen molar-refractivity contribution in [2.24, 2.45) is 0 Å². The quantitative estimate of drug-likeness (QED) is 0.471. The molecule has 0 saturated heterocycles. The van der Waals surface area contributed by atoms with Crippen LogP contribution in [0.3, 0.4) is 0 Å². The fraction of sp³-hybridized carbons (Fsp3) is 0.423. The lowest BCUT2D eigenvalue weighted by Crippen LogP contribution is -2.59. The summed E-state index contributed by atoms with van der Waals surface area (Å²) in [6, 6.07) is 16.4. The molecular formula is C26H30N2O5. The van der Waals surface area contributed by atoms with E-state index in [2.05, 4.69) is 34.9 Å². The first kappa shape index (κ1) is 22.8. The van der Waals surface area contributed by atoms with Crippen LogP contribution < -0.4 is 10.6 Å². The van der Waals surface area contributed by atoms with Crippen LogP contribution in [0.5, 0.6) is 0 Å². The summed E-state index contributed by atoms with van der Waals surface area (Å²) in [5.41, 5.74) is 3.69. The molecule has 33 heavy (non-hydrogen) atoms. The minimum absolute atomic E-state index is 0.0337. The van der Waals surface area contributed by atoms with Gasteiger partial charge in [-0.1, -0.05) is 55.0 Å². The number of ether oxygens (including phenoxy) is 1. The van der Waals surface area contributed by atoms with E-state index in [9.17, 15) is 19.5 Å². The zero-order valence-electron chi connectivity index (χ0n) is 18.6. The molecule has 0 atom stereocenters. The number of rotatable bonds is 10. The highest BCUT2D eigenvalue weighted by Crippen LogP contribution is 2.44. The van der Waals surface area contributed by atoms with E-state index in [1.54, 1.807) is 0 Å². The number of hydrogen-bond donors (Lipinski definition) is 3. The Morgan fingerprint density at radius 2 is 1.58 bits per heavy atom. The number of nitrogens with one attached hydrogen (secondary N) is 2. The highest BCUT2D eigenvalue weighted by molar-refractivity contribution is 5.87. The number of amides is 2. The lowest BCUT2D eigenvalue weighted by Gasteiger charge is -2.38. The van der Waals surface area contributed by atoms with E-state index in [1.807, 2.05) is 24.3 Å². The molecule has 0 bridgehead atoms. The third kappa shape index (κ3) is 5.02. The van der Waals surface area contributed by atoms with Crippen LogP contribution in [0.1, 0.15) is 62.0 Å². The Morgan fingerprint density at radius 3 is 2.15 bits per heavy atom. The molecule has 0 aliphatic heterocycles. The third-order valence-corrected chi connectivity index (χ3v) is 6.69. The van der Waals surface area contributed by atoms with E-state index in [-0.39, 0.29) is 18.4 Å². The van der Waals surface area contributed by atoms with Gasteiger partial charge in [0, 0.05) is 18.9 Å². The van der Waals surface area contributed by atoms with Gasteiger partial charge in [-0.25, -0.2) is 9.59 Å². The standard InChI is InChI=1S/C26H30N2O5/c29-23(28-26(24(30)31)14-8-15-26)13-2-1-7-16-27-25(32)33-17-22-20-11-5-3-9-18(20)19-10-4-6-12-21(19)22/h3-6,9-12,22H,1-2,7-8,13-17H2,(H,27,32)(H,28,29)(H,30,31). The fourth-order valence-corrected chi connectivity index (χ4v) is 4.68. The molecule has 2 amide bonds. The summed E-state index contributed by atoms with van der Waals surface area (Å²) in [7, 11) is 0. The molecule has 1 fully saturated rings. The van der Waals surface area contributed by atoms with Crippen molar-refractivity contribution in [2.75, 3.05) is 13.2 Å². The number of carboxylic acids is 1. The maximum Gasteiger partial charge on any atom is 0.407 e. The molecule has 1 saturated carbocycles. The number of aliphatic carboxylic acids is 1. The van der Waals surface area contributed by atoms with Crippen LogP contribution in [-0.4, -0.2) is 41.8 Å². The molecule has 2 aliphatic carbocycles. The Labute approximate surface area is 193 Å². The molecule has 2 aromatic carbocycles. The van der Waals surface area contributed by atoms with Crippen LogP contribution >= 0.6 is 0 Å². The average molecular weight is 451 g/mol. The monoisotopic (exact) mass is 450 g/mol. The largest absolute Gasteiger partial charge is 0.480 e. The lowest BCUT2D eigenvalue weighted by molar-refractivity contribution is -0.151. The highest BCUT2D eigenvalue weighted by Gasteiger charge is 2.45. The van der Waals surface area contributed by atoms with Crippen LogP contribution in [0.4, 0.5) is 4.79 Å². The Balaban J connectivity index is 1.13. The minimum atomic E-state index is -1.05. The van der Waals surface area contributed by atoms with Crippen LogP contribution in [0.2, 0.25) is 0 Å². The SMILES string of the molecule is O=C(CCCCCNC(=O)OCC1c2ccccc2-c2ccccc21)NC1(C(=O)O)CCC1. The van der Waals surface area contributed by atoms with Gasteiger partial charge in [0.15, 0.2) is 0 Å². The van der Waals surface area contributed by atoms with Gasteiger partial charge in [-0.3, -0.25) is 4.79 Å². The summed E-state index contributed by atoms with van der Waals surface area (Å²) in [5.74, 6) is -1.14. The Morgan fingerprint density at radius 1 is 0.939 bits per heavy atom. The van der Waals surface area contributed by atoms with Crippen LogP contribution in [0, 0.1) is 0 Å². The number of unbranched alkanes of at least 4 members (excludes halogenated alkanes) is 2. The maximum absolute atomic E-state index is 12.2. The van der Waals surface area contributed by atoms with Crippen LogP contribution in [-0.2, 0) is 14.3 Å². The number of carbonyl (C=O) groups is 3. The molecule has 2 aliphatic rings. The third-order valence-electron chi connectivity index (χ3n) is 6.69. The van der Waals surface area contributed by atoms with Gasteiger partial charge in [-0.15, -0.1) is 0 Å². The number of alkyl carbamates (subject to hydrolysis) is 1. The van der Waals surface area contributed by atoms with Crippen molar-refractivity contribution >= 4 is 18.0 Å². The van der Waals surface area contributed by atoms with Gasteiger partial charge in [0.25, 0.3) is 0 Å². The zero-order chi connectivity index (χ0) is 23.3. The summed E-state index contributed by atoms with van der Waals surface area (Å²) in [6.45, 7) is 0.753. The topological polar surface area (TPSA) is 105 Å². The Bertz CT molecular complexity index is 985. The molecule has 7 nitrogen and oxygen atoms in total. The summed E-state index contributed by atoms with van der Waals surface area (Å²) < 4.78 is 5.51. The van der Waals surface area contributed by atoms with E-state index in [0.717, 1.165) is 19.3 Å². The molecule has 0 aromatic heterocycles. The summed E-state index contributed by atoms with van der Waals surface area (Å²) in [5, 5.41) is 14.7. The van der Waals surface area contributed by atoms with Gasteiger partial charge in [0.2, 0.25) is 5.91 Å². The summed E-state index contributed by atoms with van der Waals surface area (Å²) in [4.78, 5) is 35.5. The average Bonchev–Trinajstić information content (AvgIpc) is 3.10. The van der Waals surface area contributed by atoms with E-state index in [4.69, 9.17) is 4.74 Å². The number of hydrogen-bond acceptors (Lipinski definition) is 4. The second kappa shape index (κ2) is 10.1. The van der Waals surface area contributed by atoms with Gasteiger partial charge in [0.05, 0.1) is 0 Å². The number of carbonyl (C=O) groups excluding carboxylic acids is 2. The van der Waals surface area contributed by atoms with E-state index in [1.165, 1.54) is 22.3 Å². The molecule has 0 heterocycles. The van der Waals surface area contributed by atoms with Crippen molar-refractivity contribution in [2.45, 2.75) is 56.4 Å². The van der Waals surface area contributed by atoms with Crippen molar-refractivity contribution in [3.05, 3.63) is 59.7 Å². The molecule has 3 N–H and O–H groups in total. The van der Waals surface area contributed by atoms with Crippen molar-refractivity contribution in [1.29, 1.82) is 0 Å². The van der Waals surface area contributed by atoms with Gasteiger partial charge in [0.1, 0.15) is 12.1 Å². The Kier molecular flexibility index (Phi) is 6.96. The molecule has 0 spiro atoms. The van der Waals surface area contributed by atoms with E-state index >= 15 is 0 Å². The molecule has 7 heteroatoms. The fourth-order valence-electron chi connectivity index (χ4n) is 4.68. The lowest BCUT2D eigenvalue weighted by atomic mass is 9.76. The van der Waals surface area contributed by atoms with Gasteiger partial charge < -0.3 is 20.5 Å². The second-order valence-corrected chi connectivity index (χ2v) is 8.85. The smallest absolute Gasteiger partial charge is 0.407 e. The number of fused-ring (bicyclic) bond motifs is 3. The maximum atomic E-state index is 12.2. The van der Waals surface area contributed by atoms with Crippen molar-refractivity contribution in [1.82, 2.24) is 10.6 Å². The van der Waals surface area contributed by atoms with Crippen LogP contribution in [0.25, 0.3) is 11.1 Å². The second-order valence-electron chi connectivity index (χ2n) is 8.85. The highest BCUT2D eigenvalue weighted by atomic mass is 16.5. The van der Waals surface area contributed by atoms with Crippen LogP contribution in [0.15, 0.2) is 48.5 Å². The predicted octanol–water partition coefficient (Wildman–Crippen LogP) is 4.21. The van der Waals surface area contributed by atoms with Crippen molar-refractivity contribution in [3.8, 4) is 11.1 Å². The normalized spacial score (nSPS) is 15.6. The zero-order valence-corrected chi connectivity index (χ0v) is 18.6. The van der Waals surface area contributed by atoms with E-state index < -0.39 is 17.6 Å². The van der Waals surface area contributed by atoms with E-state index in [0.29, 0.717) is 32.2 Å². The minimum Gasteiger partial charge on any atom is -0.480 e. The Hall–Kier alpha value is -3.35. The molecule has 0 radical (unpaired) electrons. The molecular weight excluding hydrogens is 420 g/mol. The summed E-state index contributed by atoms with van der Waals surface area (Å²) in [6.07, 6.45) is 3.81. The van der Waals surface area contributed by atoms with Gasteiger partial charge in [-0.2, -0.15) is 0 Å². The molecule has 4 rings (SSSR count). The first-order valence-corrected chi connectivity index (χ1v) is 11.6. The van der Waals surface area contributed by atoms with Gasteiger partial charge in [-0.05, 0) is 54.4 Å². The first-order valence-electron chi connectivity index (χ1n) is 11.6. The number of benzene rings is 2. The first-order chi connectivity index (χ1) is 16.0. The van der Waals surface area contributed by atoms with Crippen molar-refractivity contribution in [3.63, 3.8) is 0 Å². The number of carboxylic acid groups (broad SMARTS) is 1. The van der Waals surface area contributed by atoms with Crippen molar-refractivity contribution < 1.29 is 24.2 Å².